The minimum absolute atomic E-state index is 0.108. The van der Waals surface area contributed by atoms with E-state index in [-0.39, 0.29) is 5.88 Å². The van der Waals surface area contributed by atoms with Gasteiger partial charge in [-0.05, 0) is 6.42 Å². The van der Waals surface area contributed by atoms with Crippen LogP contribution in [-0.2, 0) is 0 Å². The van der Waals surface area contributed by atoms with Gasteiger partial charge in [-0.25, -0.2) is 0 Å². The first-order valence-electron chi connectivity index (χ1n) is 3.38. The van der Waals surface area contributed by atoms with E-state index in [4.69, 9.17) is 9.84 Å². The molecule has 0 aliphatic heterocycles. The maximum Gasteiger partial charge on any atom is 0.310 e. The van der Waals surface area contributed by atoms with Gasteiger partial charge in [-0.2, -0.15) is 0 Å². The first-order chi connectivity index (χ1) is 5.25. The van der Waals surface area contributed by atoms with Crippen LogP contribution in [-0.4, -0.2) is 21.9 Å². The van der Waals surface area contributed by atoms with Crippen molar-refractivity contribution >= 4 is 0 Å². The number of hydrogen-bond donors (Lipinski definition) is 3. The molecule has 0 bridgehead atoms. The summed E-state index contributed by atoms with van der Waals surface area (Å²) in [5, 5.41) is 13.6. The highest BCUT2D eigenvalue weighted by Crippen LogP contribution is 2.15. The van der Waals surface area contributed by atoms with Gasteiger partial charge in [0.1, 0.15) is 0 Å². The van der Waals surface area contributed by atoms with Crippen LogP contribution in [0.25, 0.3) is 0 Å². The number of aromatic nitrogens is 2. The molecular formula is C6H10N2O3. The Kier molecular flexibility index (Phi) is 2.20. The maximum absolute atomic E-state index is 10.6. The van der Waals surface area contributed by atoms with Crippen LogP contribution in [0.5, 0.6) is 11.6 Å². The SMILES string of the molecule is CCCOc1[nH][nH]c(=O)c1O. The van der Waals surface area contributed by atoms with Crippen molar-refractivity contribution in [1.82, 2.24) is 10.2 Å². The van der Waals surface area contributed by atoms with Crippen LogP contribution in [0.4, 0.5) is 0 Å². The molecule has 0 aliphatic rings. The first kappa shape index (κ1) is 7.71. The summed E-state index contributed by atoms with van der Waals surface area (Å²) in [6.07, 6.45) is 0.826. The second kappa shape index (κ2) is 3.14. The number of aromatic amines is 2. The quantitative estimate of drug-likeness (QED) is 0.587. The van der Waals surface area contributed by atoms with Gasteiger partial charge in [0, 0.05) is 0 Å². The van der Waals surface area contributed by atoms with Gasteiger partial charge in [0.2, 0.25) is 5.75 Å². The zero-order valence-electron chi connectivity index (χ0n) is 6.18. The Morgan fingerprint density at radius 2 is 2.27 bits per heavy atom. The molecule has 5 heteroatoms. The first-order valence-corrected chi connectivity index (χ1v) is 3.38. The molecule has 5 nitrogen and oxygen atoms in total. The average molecular weight is 158 g/mol. The van der Waals surface area contributed by atoms with Crippen LogP contribution < -0.4 is 10.3 Å². The van der Waals surface area contributed by atoms with Gasteiger partial charge in [-0.3, -0.25) is 15.0 Å². The zero-order valence-corrected chi connectivity index (χ0v) is 6.18. The second-order valence-electron chi connectivity index (χ2n) is 2.11. The second-order valence-corrected chi connectivity index (χ2v) is 2.11. The van der Waals surface area contributed by atoms with Crippen LogP contribution in [0.15, 0.2) is 4.79 Å². The van der Waals surface area contributed by atoms with E-state index in [0.717, 1.165) is 6.42 Å². The average Bonchev–Trinajstić information content (AvgIpc) is 2.31. The Morgan fingerprint density at radius 3 is 2.73 bits per heavy atom. The third-order valence-electron chi connectivity index (χ3n) is 1.17. The molecule has 0 atom stereocenters. The van der Waals surface area contributed by atoms with Crippen molar-refractivity contribution in [3.63, 3.8) is 0 Å². The summed E-state index contributed by atoms with van der Waals surface area (Å²) in [6, 6.07) is 0. The van der Waals surface area contributed by atoms with Gasteiger partial charge < -0.3 is 9.84 Å². The summed E-state index contributed by atoms with van der Waals surface area (Å²) in [5.74, 6) is -0.282. The standard InChI is InChI=1S/C6H10N2O3/c1-2-3-11-6-4(9)5(10)7-8-6/h9H,2-3H2,1H3,(H2,7,8,10). The van der Waals surface area contributed by atoms with Gasteiger partial charge in [-0.15, -0.1) is 0 Å². The van der Waals surface area contributed by atoms with Crippen LogP contribution >= 0.6 is 0 Å². The number of aromatic hydroxyl groups is 1. The Hall–Kier alpha value is -1.39. The fourth-order valence-electron chi connectivity index (χ4n) is 0.644. The lowest BCUT2D eigenvalue weighted by molar-refractivity contribution is 0.288. The van der Waals surface area contributed by atoms with Gasteiger partial charge in [0.15, 0.2) is 0 Å². The lowest BCUT2D eigenvalue weighted by Crippen LogP contribution is -1.97. The highest BCUT2D eigenvalue weighted by Gasteiger charge is 2.07. The summed E-state index contributed by atoms with van der Waals surface area (Å²) >= 11 is 0. The van der Waals surface area contributed by atoms with Crippen molar-refractivity contribution in [3.8, 4) is 11.6 Å². The van der Waals surface area contributed by atoms with Crippen molar-refractivity contribution in [3.05, 3.63) is 10.4 Å². The van der Waals surface area contributed by atoms with Crippen molar-refractivity contribution < 1.29 is 9.84 Å². The molecule has 0 saturated heterocycles. The molecule has 62 valence electrons. The van der Waals surface area contributed by atoms with Crippen molar-refractivity contribution in [1.29, 1.82) is 0 Å². The largest absolute Gasteiger partial charge is 0.499 e. The third kappa shape index (κ3) is 1.54. The summed E-state index contributed by atoms with van der Waals surface area (Å²) in [4.78, 5) is 10.6. The lowest BCUT2D eigenvalue weighted by atomic mass is 10.5. The van der Waals surface area contributed by atoms with Crippen LogP contribution in [0.3, 0.4) is 0 Å². The number of ether oxygens (including phenoxy) is 1. The van der Waals surface area contributed by atoms with Gasteiger partial charge in [-0.1, -0.05) is 6.92 Å². The van der Waals surface area contributed by atoms with E-state index in [1.165, 1.54) is 0 Å². The fourth-order valence-corrected chi connectivity index (χ4v) is 0.644. The Labute approximate surface area is 63.0 Å². The summed E-state index contributed by atoms with van der Waals surface area (Å²) < 4.78 is 4.97. The highest BCUT2D eigenvalue weighted by atomic mass is 16.5. The monoisotopic (exact) mass is 158 g/mol. The van der Waals surface area contributed by atoms with Crippen LogP contribution in [0.1, 0.15) is 13.3 Å². The van der Waals surface area contributed by atoms with E-state index in [1.54, 1.807) is 0 Å². The molecule has 0 unspecified atom stereocenters. The van der Waals surface area contributed by atoms with E-state index in [2.05, 4.69) is 10.2 Å². The molecule has 1 heterocycles. The molecule has 1 aromatic rings. The highest BCUT2D eigenvalue weighted by molar-refractivity contribution is 5.27. The Morgan fingerprint density at radius 1 is 1.55 bits per heavy atom. The molecule has 1 rings (SSSR count). The molecule has 0 radical (unpaired) electrons. The van der Waals surface area contributed by atoms with Crippen molar-refractivity contribution in [2.75, 3.05) is 6.61 Å². The number of hydrogen-bond acceptors (Lipinski definition) is 3. The molecule has 0 aliphatic carbocycles. The van der Waals surface area contributed by atoms with E-state index in [0.29, 0.717) is 6.61 Å². The topological polar surface area (TPSA) is 78.1 Å². The minimum Gasteiger partial charge on any atom is -0.499 e. The number of H-pyrrole nitrogens is 2. The Bertz CT molecular complexity index is 276. The van der Waals surface area contributed by atoms with Gasteiger partial charge >= 0.3 is 5.56 Å². The van der Waals surface area contributed by atoms with Crippen molar-refractivity contribution in [2.45, 2.75) is 13.3 Å². The van der Waals surface area contributed by atoms with Crippen LogP contribution in [0.2, 0.25) is 0 Å². The Balaban J connectivity index is 2.71. The molecule has 0 aromatic carbocycles. The summed E-state index contributed by atoms with van der Waals surface area (Å²) in [6.45, 7) is 2.41. The molecule has 0 amide bonds. The van der Waals surface area contributed by atoms with Gasteiger partial charge in [0.25, 0.3) is 5.88 Å². The lowest BCUT2D eigenvalue weighted by Gasteiger charge is -1.98. The van der Waals surface area contributed by atoms with E-state index in [9.17, 15) is 4.79 Å². The molecular weight excluding hydrogens is 148 g/mol. The van der Waals surface area contributed by atoms with E-state index >= 15 is 0 Å². The fraction of sp³-hybridized carbons (Fsp3) is 0.500. The van der Waals surface area contributed by atoms with E-state index < -0.39 is 11.3 Å². The molecule has 3 N–H and O–H groups in total. The summed E-state index contributed by atoms with van der Waals surface area (Å²) in [7, 11) is 0. The summed E-state index contributed by atoms with van der Waals surface area (Å²) in [5.41, 5.74) is -0.559. The minimum atomic E-state index is -0.559. The number of rotatable bonds is 3. The molecule has 1 aromatic heterocycles. The molecule has 0 spiro atoms. The normalized spacial score (nSPS) is 9.91. The van der Waals surface area contributed by atoms with Crippen molar-refractivity contribution in [2.24, 2.45) is 0 Å². The predicted molar refractivity (Wildman–Crippen MR) is 38.9 cm³/mol. The van der Waals surface area contributed by atoms with Crippen LogP contribution in [0, 0.1) is 0 Å². The molecule has 0 fully saturated rings. The molecule has 0 saturated carbocycles. The molecule has 11 heavy (non-hydrogen) atoms. The predicted octanol–water partition coefficient (Wildman–Crippen LogP) is 0.197. The maximum atomic E-state index is 10.6. The van der Waals surface area contributed by atoms with E-state index in [1.807, 2.05) is 6.92 Å². The zero-order chi connectivity index (χ0) is 8.27. The third-order valence-corrected chi connectivity index (χ3v) is 1.17. The number of nitrogens with one attached hydrogen (secondary N) is 2. The van der Waals surface area contributed by atoms with Gasteiger partial charge in [0.05, 0.1) is 6.61 Å². The smallest absolute Gasteiger partial charge is 0.310 e.